The molecule has 0 saturated heterocycles. The average molecular weight is 1350 g/mol. The number of benzene rings is 2. The molecule has 0 bridgehead atoms. The number of aromatic nitrogens is 1. The second-order valence-electron chi connectivity index (χ2n) is 25.8. The summed E-state index contributed by atoms with van der Waals surface area (Å²) in [5, 5.41) is 12.4. The van der Waals surface area contributed by atoms with Crippen LogP contribution in [0.3, 0.4) is 0 Å². The summed E-state index contributed by atoms with van der Waals surface area (Å²) in [6.45, 7) is 30.4. The van der Waals surface area contributed by atoms with Gasteiger partial charge in [-0.25, -0.2) is 0 Å². The van der Waals surface area contributed by atoms with Gasteiger partial charge in [-0.1, -0.05) is 189 Å². The number of aliphatic hydroxyl groups is 1. The maximum absolute atomic E-state index is 15.0. The number of hydrogen-bond donors (Lipinski definition) is 1. The number of hydrogen-bond acceptors (Lipinski definition) is 10. The Labute approximate surface area is 587 Å². The minimum absolute atomic E-state index is 0.0529. The van der Waals surface area contributed by atoms with Gasteiger partial charge in [-0.15, -0.1) is 22.7 Å². The van der Waals surface area contributed by atoms with Gasteiger partial charge in [0.25, 0.3) is 0 Å². The van der Waals surface area contributed by atoms with Crippen LogP contribution in [-0.4, -0.2) is 84.9 Å². The second kappa shape index (κ2) is 42.8. The maximum Gasteiger partial charge on any atom is 0.221 e. The third-order valence-electron chi connectivity index (χ3n) is 18.0. The largest absolute Gasteiger partial charge is 0.506 e. The lowest BCUT2D eigenvalue weighted by Gasteiger charge is -2.24. The number of ketones is 1. The van der Waals surface area contributed by atoms with Gasteiger partial charge in [0.05, 0.1) is 57.2 Å². The first kappa shape index (κ1) is 76.6. The summed E-state index contributed by atoms with van der Waals surface area (Å²) in [6.07, 6.45) is 47.4. The molecule has 0 amide bonds. The topological polar surface area (TPSA) is 88.6 Å². The van der Waals surface area contributed by atoms with Gasteiger partial charge >= 0.3 is 0 Å². The lowest BCUT2D eigenvalue weighted by Crippen LogP contribution is -2.28. The van der Waals surface area contributed by atoms with Gasteiger partial charge in [0.1, 0.15) is 17.9 Å². The van der Waals surface area contributed by atoms with Crippen LogP contribution < -0.4 is 28.7 Å². The molecule has 0 saturated carbocycles. The van der Waals surface area contributed by atoms with Crippen molar-refractivity contribution < 1.29 is 33.4 Å². The van der Waals surface area contributed by atoms with Crippen molar-refractivity contribution in [2.45, 2.75) is 230 Å². The summed E-state index contributed by atoms with van der Waals surface area (Å²) in [7, 11) is 0. The van der Waals surface area contributed by atoms with E-state index in [0.29, 0.717) is 50.7 Å². The quantitative estimate of drug-likeness (QED) is 0.0234. The van der Waals surface area contributed by atoms with Crippen molar-refractivity contribution in [1.82, 2.24) is 4.57 Å². The molecular formula is C84H119N4O6S2+. The number of rotatable bonds is 49. The summed E-state index contributed by atoms with van der Waals surface area (Å²) in [5.41, 5.74) is 8.99. The molecule has 1 N–H and O–H groups in total. The Morgan fingerprint density at radius 1 is 0.417 bits per heavy atom. The standard InChI is InChI=1S/C84H118N4O6S2/c1-11-21-31-33-59-87-69(47-53-75-83(93-63-29-19-9)81(91-61-27-17-7)73(95-75)51-39-65-35-41-67(42-36-65)85(55-23-13-3)56-24-14-4)45-49-71(87)77-79(89)78(80(77)90)72-50-46-70(88(72)60-34-32-22-12-2)48-54-76-84(94-64-30-20-10)82(92-62-28-18-8)74(96-76)52-40-66-37-43-68(44-38-66)86(57-25-15-5)58-26-16-6/h35-54H,11-34,55-64H2,1-10H3/p+1. The Kier molecular flexibility index (Phi) is 34.2. The summed E-state index contributed by atoms with van der Waals surface area (Å²) < 4.78 is 31.2. The van der Waals surface area contributed by atoms with E-state index in [1.165, 1.54) is 62.7 Å². The highest BCUT2D eigenvalue weighted by Crippen LogP contribution is 2.47. The minimum Gasteiger partial charge on any atom is -0.506 e. The van der Waals surface area contributed by atoms with Gasteiger partial charge < -0.3 is 38.4 Å². The van der Waals surface area contributed by atoms with Crippen molar-refractivity contribution in [2.24, 2.45) is 0 Å². The Balaban J connectivity index is 1.24. The molecule has 96 heavy (non-hydrogen) atoms. The van der Waals surface area contributed by atoms with E-state index in [9.17, 15) is 5.11 Å². The monoisotopic (exact) mass is 1340 g/mol. The summed E-state index contributed by atoms with van der Waals surface area (Å²) >= 11 is 3.36. The van der Waals surface area contributed by atoms with Gasteiger partial charge in [0, 0.05) is 74.4 Å². The highest BCUT2D eigenvalue weighted by Gasteiger charge is 2.43. The van der Waals surface area contributed by atoms with Crippen LogP contribution in [0, 0.1) is 0 Å². The molecule has 7 rings (SSSR count). The smallest absolute Gasteiger partial charge is 0.221 e. The van der Waals surface area contributed by atoms with E-state index in [2.05, 4.69) is 197 Å². The molecule has 5 aromatic rings. The molecule has 12 heteroatoms. The fourth-order valence-electron chi connectivity index (χ4n) is 12.0. The first-order valence-electron chi connectivity index (χ1n) is 37.6. The van der Waals surface area contributed by atoms with Crippen molar-refractivity contribution in [3.63, 3.8) is 0 Å². The van der Waals surface area contributed by atoms with Crippen molar-refractivity contribution in [3.8, 4) is 23.0 Å². The van der Waals surface area contributed by atoms with E-state index < -0.39 is 0 Å². The number of carbonyl (C=O) groups is 1. The summed E-state index contributed by atoms with van der Waals surface area (Å²) in [4.78, 5) is 24.1. The lowest BCUT2D eigenvalue weighted by atomic mass is 9.84. The number of thiophene rings is 2. The zero-order valence-corrected chi connectivity index (χ0v) is 62.3. The molecule has 2 aromatic carbocycles. The van der Waals surface area contributed by atoms with E-state index in [4.69, 9.17) is 18.9 Å². The number of nitrogens with zero attached hydrogens (tertiary/aromatic N) is 4. The van der Waals surface area contributed by atoms with Crippen molar-refractivity contribution >= 4 is 93.6 Å². The first-order valence-corrected chi connectivity index (χ1v) is 39.3. The Hall–Kier alpha value is -6.76. The fraction of sp³-hybridized carbons (Fsp3) is 0.524. The van der Waals surface area contributed by atoms with Crippen LogP contribution in [0.1, 0.15) is 265 Å². The molecule has 0 unspecified atom stereocenters. The fourth-order valence-corrected chi connectivity index (χ4v) is 14.0. The van der Waals surface area contributed by atoms with E-state index >= 15 is 4.79 Å². The number of ether oxygens (including phenoxy) is 4. The predicted molar refractivity (Wildman–Crippen MR) is 417 cm³/mol. The lowest BCUT2D eigenvalue weighted by molar-refractivity contribution is -0.469. The Morgan fingerprint density at radius 2 is 0.812 bits per heavy atom. The van der Waals surface area contributed by atoms with Crippen LogP contribution in [0.2, 0.25) is 0 Å². The maximum atomic E-state index is 15.0. The number of anilines is 2. The minimum atomic E-state index is -0.135. The normalized spacial score (nSPS) is 14.2. The van der Waals surface area contributed by atoms with Crippen LogP contribution >= 0.6 is 22.7 Å². The molecule has 0 radical (unpaired) electrons. The molecular weight excluding hydrogens is 1230 g/mol. The SMILES string of the molecule is CCCCCCn1c(/C=C/c2sc(/C=C/c3ccc(N(CCCC)CCCC)cc3)c(OCCCC)c2OCCCC)ccc1C1=C(O)/C(=C2/C=CC(/C=C/c3sc(/C=C/c4ccc(N(CCCC)CCCC)cc4)c(OCCCC)c3OCCCC)=[N+]2CCCCCC)C1=O. The highest BCUT2D eigenvalue weighted by atomic mass is 32.1. The average Bonchev–Trinajstić information content (AvgIpc) is 1.36. The van der Waals surface area contributed by atoms with Gasteiger partial charge in [0.2, 0.25) is 17.2 Å². The van der Waals surface area contributed by atoms with Crippen LogP contribution in [0.25, 0.3) is 48.1 Å². The van der Waals surface area contributed by atoms with Crippen molar-refractivity contribution in [2.75, 3.05) is 69.0 Å². The van der Waals surface area contributed by atoms with Gasteiger partial charge in [-0.3, -0.25) is 4.79 Å². The Bertz CT molecular complexity index is 3380. The van der Waals surface area contributed by atoms with Gasteiger partial charge in [-0.2, -0.15) is 4.58 Å². The third-order valence-corrected chi connectivity index (χ3v) is 20.1. The van der Waals surface area contributed by atoms with E-state index in [-0.39, 0.29) is 11.5 Å². The van der Waals surface area contributed by atoms with Crippen LogP contribution in [0.15, 0.2) is 95.9 Å². The molecule has 1 aliphatic heterocycles. The van der Waals surface area contributed by atoms with Gasteiger partial charge in [0.15, 0.2) is 23.0 Å². The van der Waals surface area contributed by atoms with E-state index in [1.54, 1.807) is 22.7 Å². The first-order chi connectivity index (χ1) is 47.1. The van der Waals surface area contributed by atoms with E-state index in [0.717, 1.165) is 205 Å². The van der Waals surface area contributed by atoms with Crippen molar-refractivity contribution in [3.05, 3.63) is 138 Å². The number of Topliss-reactive ketones (excluding diaryl/α,β-unsaturated/α-hetero) is 1. The molecule has 0 atom stereocenters. The number of unbranched alkanes of at least 4 members (excludes halogenated alkanes) is 14. The third kappa shape index (κ3) is 22.1. The number of carbonyl (C=O) groups excluding carboxylic acids is 1. The van der Waals surface area contributed by atoms with Crippen LogP contribution in [0.4, 0.5) is 11.4 Å². The molecule has 10 nitrogen and oxygen atoms in total. The van der Waals surface area contributed by atoms with E-state index in [1.807, 2.05) is 12.1 Å². The van der Waals surface area contributed by atoms with Gasteiger partial charge in [-0.05, 0) is 142 Å². The van der Waals surface area contributed by atoms with Crippen molar-refractivity contribution in [1.29, 1.82) is 0 Å². The van der Waals surface area contributed by atoms with Crippen LogP contribution in [-0.2, 0) is 11.3 Å². The Morgan fingerprint density at radius 3 is 1.22 bits per heavy atom. The summed E-state index contributed by atoms with van der Waals surface area (Å²) in [6, 6.07) is 22.1. The number of allylic oxidation sites excluding steroid dienone is 5. The predicted octanol–water partition coefficient (Wildman–Crippen LogP) is 23.7. The van der Waals surface area contributed by atoms with Crippen LogP contribution in [0.5, 0.6) is 23.0 Å². The molecule has 2 aliphatic rings. The number of aliphatic hydroxyl groups excluding tert-OH is 1. The molecule has 1 aliphatic carbocycles. The molecule has 0 spiro atoms. The zero-order chi connectivity index (χ0) is 68.3. The highest BCUT2D eigenvalue weighted by molar-refractivity contribution is 7.15. The molecule has 0 fully saturated rings. The second-order valence-corrected chi connectivity index (χ2v) is 28.0. The summed E-state index contributed by atoms with van der Waals surface area (Å²) in [5.74, 6) is 3.06. The molecule has 3 aromatic heterocycles. The zero-order valence-electron chi connectivity index (χ0n) is 60.7. The molecule has 522 valence electrons. The molecule has 4 heterocycles.